The molecule has 5 heteroatoms. The standard InChI is InChI=1S/C28H32N2O3/c1-33-21-11-20-29-28(32)27(25-16-9-4-10-17-25)30(22-24-14-7-3-8-15-24)26(31)19-18-23-12-5-2-6-13-23/h2-10,12-17,27H,11,18-22H2,1H3,(H,29,32). The minimum atomic E-state index is -0.711. The number of hydrogen-bond donors (Lipinski definition) is 1. The Labute approximate surface area is 196 Å². The average Bonchev–Trinajstić information content (AvgIpc) is 2.87. The number of nitrogens with one attached hydrogen (secondary N) is 1. The summed E-state index contributed by atoms with van der Waals surface area (Å²) >= 11 is 0. The molecule has 0 aliphatic rings. The van der Waals surface area contributed by atoms with Crippen LogP contribution in [-0.2, 0) is 27.3 Å². The second kappa shape index (κ2) is 13.2. The third-order valence-corrected chi connectivity index (χ3v) is 5.49. The minimum Gasteiger partial charge on any atom is -0.385 e. The molecular formula is C28H32N2O3. The van der Waals surface area contributed by atoms with E-state index in [-0.39, 0.29) is 11.8 Å². The maximum atomic E-state index is 13.5. The van der Waals surface area contributed by atoms with Gasteiger partial charge in [0.05, 0.1) is 0 Å². The lowest BCUT2D eigenvalue weighted by atomic mass is 10.0. The van der Waals surface area contributed by atoms with Crippen LogP contribution < -0.4 is 5.32 Å². The number of benzene rings is 3. The van der Waals surface area contributed by atoms with Gasteiger partial charge in [-0.3, -0.25) is 9.59 Å². The van der Waals surface area contributed by atoms with Gasteiger partial charge in [0.15, 0.2) is 0 Å². The molecule has 0 radical (unpaired) electrons. The topological polar surface area (TPSA) is 58.6 Å². The van der Waals surface area contributed by atoms with Crippen LogP contribution in [0.15, 0.2) is 91.0 Å². The first-order valence-electron chi connectivity index (χ1n) is 11.4. The van der Waals surface area contributed by atoms with Gasteiger partial charge in [0.2, 0.25) is 11.8 Å². The number of nitrogens with zero attached hydrogens (tertiary/aromatic N) is 1. The van der Waals surface area contributed by atoms with Crippen LogP contribution in [0.1, 0.15) is 35.6 Å². The lowest BCUT2D eigenvalue weighted by Crippen LogP contribution is -2.43. The fourth-order valence-electron chi connectivity index (χ4n) is 3.78. The van der Waals surface area contributed by atoms with Gasteiger partial charge in [-0.25, -0.2) is 0 Å². The van der Waals surface area contributed by atoms with Crippen LogP contribution in [0.2, 0.25) is 0 Å². The van der Waals surface area contributed by atoms with E-state index < -0.39 is 6.04 Å². The highest BCUT2D eigenvalue weighted by atomic mass is 16.5. The molecule has 2 amide bonds. The summed E-state index contributed by atoms with van der Waals surface area (Å²) in [6, 6.07) is 28.6. The Morgan fingerprint density at radius 1 is 0.848 bits per heavy atom. The Bertz CT molecular complexity index is 978. The lowest BCUT2D eigenvalue weighted by molar-refractivity contribution is -0.141. The van der Waals surface area contributed by atoms with Crippen molar-refractivity contribution in [2.45, 2.75) is 31.8 Å². The fourth-order valence-corrected chi connectivity index (χ4v) is 3.78. The molecule has 1 atom stereocenters. The third-order valence-electron chi connectivity index (χ3n) is 5.49. The van der Waals surface area contributed by atoms with Crippen molar-refractivity contribution in [3.63, 3.8) is 0 Å². The van der Waals surface area contributed by atoms with Gasteiger partial charge in [0.1, 0.15) is 6.04 Å². The highest BCUT2D eigenvalue weighted by Crippen LogP contribution is 2.25. The smallest absolute Gasteiger partial charge is 0.247 e. The maximum absolute atomic E-state index is 13.5. The number of rotatable bonds is 12. The molecule has 0 fully saturated rings. The van der Waals surface area contributed by atoms with E-state index >= 15 is 0 Å². The molecule has 0 aromatic heterocycles. The quantitative estimate of drug-likeness (QED) is 0.417. The molecular weight excluding hydrogens is 412 g/mol. The summed E-state index contributed by atoms with van der Waals surface area (Å²) in [5, 5.41) is 3.00. The van der Waals surface area contributed by atoms with E-state index in [9.17, 15) is 9.59 Å². The van der Waals surface area contributed by atoms with Gasteiger partial charge < -0.3 is 15.0 Å². The van der Waals surface area contributed by atoms with Crippen LogP contribution >= 0.6 is 0 Å². The van der Waals surface area contributed by atoms with E-state index in [1.165, 1.54) is 0 Å². The molecule has 0 bridgehead atoms. The van der Waals surface area contributed by atoms with Gasteiger partial charge in [-0.1, -0.05) is 91.0 Å². The molecule has 3 rings (SSSR count). The van der Waals surface area contributed by atoms with Crippen molar-refractivity contribution in [1.29, 1.82) is 0 Å². The number of aryl methyl sites for hydroxylation is 1. The van der Waals surface area contributed by atoms with Crippen LogP contribution in [0.5, 0.6) is 0 Å². The van der Waals surface area contributed by atoms with E-state index in [2.05, 4.69) is 5.32 Å². The van der Waals surface area contributed by atoms with E-state index in [0.717, 1.165) is 16.7 Å². The molecule has 5 nitrogen and oxygen atoms in total. The normalized spacial score (nSPS) is 11.5. The van der Waals surface area contributed by atoms with E-state index in [1.54, 1.807) is 12.0 Å². The molecule has 1 N–H and O–H groups in total. The number of carbonyl (C=O) groups is 2. The number of hydrogen-bond acceptors (Lipinski definition) is 3. The largest absolute Gasteiger partial charge is 0.385 e. The van der Waals surface area contributed by atoms with Gasteiger partial charge in [-0.15, -0.1) is 0 Å². The summed E-state index contributed by atoms with van der Waals surface area (Å²) in [4.78, 5) is 28.6. The van der Waals surface area contributed by atoms with Crippen LogP contribution in [0.3, 0.4) is 0 Å². The van der Waals surface area contributed by atoms with Gasteiger partial charge in [0, 0.05) is 33.2 Å². The zero-order valence-corrected chi connectivity index (χ0v) is 19.2. The first-order chi connectivity index (χ1) is 16.2. The Balaban J connectivity index is 1.86. The van der Waals surface area contributed by atoms with E-state index in [4.69, 9.17) is 4.74 Å². The predicted molar refractivity (Wildman–Crippen MR) is 130 cm³/mol. The fraction of sp³-hybridized carbons (Fsp3) is 0.286. The maximum Gasteiger partial charge on any atom is 0.247 e. The Morgan fingerprint density at radius 2 is 1.42 bits per heavy atom. The molecule has 3 aromatic carbocycles. The van der Waals surface area contributed by atoms with Crippen LogP contribution in [0, 0.1) is 0 Å². The number of amides is 2. The van der Waals surface area contributed by atoms with Crippen molar-refractivity contribution in [3.8, 4) is 0 Å². The van der Waals surface area contributed by atoms with Crippen molar-refractivity contribution in [1.82, 2.24) is 10.2 Å². The van der Waals surface area contributed by atoms with Gasteiger partial charge in [-0.05, 0) is 29.5 Å². The summed E-state index contributed by atoms with van der Waals surface area (Å²) in [6.45, 7) is 1.42. The summed E-state index contributed by atoms with van der Waals surface area (Å²) in [6.07, 6.45) is 1.67. The summed E-state index contributed by atoms with van der Waals surface area (Å²) in [5.41, 5.74) is 2.88. The molecule has 0 aliphatic heterocycles. The molecule has 3 aromatic rings. The van der Waals surface area contributed by atoms with Gasteiger partial charge >= 0.3 is 0 Å². The van der Waals surface area contributed by atoms with Gasteiger partial charge in [0.25, 0.3) is 0 Å². The second-order valence-corrected chi connectivity index (χ2v) is 7.94. The molecule has 0 saturated heterocycles. The Hall–Kier alpha value is -3.44. The highest BCUT2D eigenvalue weighted by Gasteiger charge is 2.31. The van der Waals surface area contributed by atoms with Crippen LogP contribution in [0.4, 0.5) is 0 Å². The lowest BCUT2D eigenvalue weighted by Gasteiger charge is -2.32. The molecule has 0 spiro atoms. The van der Waals surface area contributed by atoms with E-state index in [0.29, 0.717) is 39.0 Å². The van der Waals surface area contributed by atoms with Crippen LogP contribution in [-0.4, -0.2) is 37.0 Å². The SMILES string of the molecule is COCCCNC(=O)C(c1ccccc1)N(Cc1ccccc1)C(=O)CCc1ccccc1. The summed E-state index contributed by atoms with van der Waals surface area (Å²) < 4.78 is 5.09. The number of ether oxygens (including phenoxy) is 1. The van der Waals surface area contributed by atoms with E-state index in [1.807, 2.05) is 91.0 Å². The molecule has 33 heavy (non-hydrogen) atoms. The first kappa shape index (κ1) is 24.2. The van der Waals surface area contributed by atoms with Crippen LogP contribution in [0.25, 0.3) is 0 Å². The summed E-state index contributed by atoms with van der Waals surface area (Å²) in [7, 11) is 1.64. The summed E-state index contributed by atoms with van der Waals surface area (Å²) in [5.74, 6) is -0.232. The minimum absolute atomic E-state index is 0.0522. The molecule has 0 aliphatic carbocycles. The monoisotopic (exact) mass is 444 g/mol. The Kier molecular flexibility index (Phi) is 9.67. The van der Waals surface area contributed by atoms with Crippen molar-refractivity contribution >= 4 is 11.8 Å². The molecule has 0 heterocycles. The number of carbonyl (C=O) groups excluding carboxylic acids is 2. The van der Waals surface area contributed by atoms with Gasteiger partial charge in [-0.2, -0.15) is 0 Å². The zero-order chi connectivity index (χ0) is 23.3. The Morgan fingerprint density at radius 3 is 2.03 bits per heavy atom. The van der Waals surface area contributed by atoms with Crippen molar-refractivity contribution < 1.29 is 14.3 Å². The molecule has 172 valence electrons. The van der Waals surface area contributed by atoms with Crippen molar-refractivity contribution in [2.24, 2.45) is 0 Å². The third kappa shape index (κ3) is 7.58. The second-order valence-electron chi connectivity index (χ2n) is 7.94. The first-order valence-corrected chi connectivity index (χ1v) is 11.4. The van der Waals surface area contributed by atoms with Crippen molar-refractivity contribution in [3.05, 3.63) is 108 Å². The molecule has 0 saturated carbocycles. The number of methoxy groups -OCH3 is 1. The average molecular weight is 445 g/mol. The van der Waals surface area contributed by atoms with Crippen molar-refractivity contribution in [2.75, 3.05) is 20.3 Å². The predicted octanol–water partition coefficient (Wildman–Crippen LogP) is 4.54. The zero-order valence-electron chi connectivity index (χ0n) is 19.2. The highest BCUT2D eigenvalue weighted by molar-refractivity contribution is 5.88. The molecule has 1 unspecified atom stereocenters.